The van der Waals surface area contributed by atoms with Gasteiger partial charge in [0.15, 0.2) is 0 Å². The maximum absolute atomic E-state index is 13.9. The number of benzene rings is 2. The smallest absolute Gasteiger partial charge is 0.407 e. The number of imidazole rings is 2. The molecule has 14 nitrogen and oxygen atoms in total. The maximum atomic E-state index is 13.9. The van der Waals surface area contributed by atoms with E-state index in [1.54, 1.807) is 0 Å². The molecule has 4 aliphatic rings. The van der Waals surface area contributed by atoms with Crippen LogP contribution in [0.3, 0.4) is 0 Å². The van der Waals surface area contributed by atoms with Crippen LogP contribution in [0.15, 0.2) is 48.8 Å². The molecule has 2 aromatic carbocycles. The molecule has 4 N–H and O–H groups in total. The molecular weight excluding hydrogens is 773 g/mol. The van der Waals surface area contributed by atoms with Gasteiger partial charge in [-0.2, -0.15) is 0 Å². The van der Waals surface area contributed by atoms with Crippen LogP contribution in [0.25, 0.3) is 33.6 Å². The van der Waals surface area contributed by atoms with Crippen LogP contribution in [0.4, 0.5) is 9.59 Å². The highest BCUT2D eigenvalue weighted by atomic mass is 16.5. The van der Waals surface area contributed by atoms with Gasteiger partial charge in [-0.3, -0.25) is 9.59 Å². The van der Waals surface area contributed by atoms with E-state index in [0.29, 0.717) is 24.9 Å². The van der Waals surface area contributed by atoms with Crippen molar-refractivity contribution >= 4 is 24.0 Å². The van der Waals surface area contributed by atoms with Crippen LogP contribution >= 0.6 is 0 Å². The Bertz CT molecular complexity index is 2280. The van der Waals surface area contributed by atoms with Crippen molar-refractivity contribution in [2.24, 2.45) is 23.7 Å². The molecule has 4 amide bonds. The number of ether oxygens (including phenoxy) is 2. The molecule has 3 fully saturated rings. The van der Waals surface area contributed by atoms with Crippen molar-refractivity contribution < 1.29 is 28.7 Å². The molecule has 324 valence electrons. The minimum atomic E-state index is -0.698. The first kappa shape index (κ1) is 42.0. The summed E-state index contributed by atoms with van der Waals surface area (Å²) in [6.07, 6.45) is 7.59. The lowest BCUT2D eigenvalue weighted by Crippen LogP contribution is -2.51. The summed E-state index contributed by atoms with van der Waals surface area (Å²) in [6.45, 7) is 13.1. The standard InChI is InChI=1S/C47H60N8O6/c1-24(2)40(52-46(58)60-7)44(56)54-22-26(5)17-36(54)42-48-20-34(50-42)29-11-9-28(10-12-29)32-15-16-33(39-31-14-13-30(19-31)38(32)39)35-21-49-43(51-35)37-18-27(6)23-55(37)45(57)41(25(3)4)53-47(59)61-8/h9-12,15-16,20-21,24-27,30-31,36-37,40-41H,13-14,17-19,22-23H2,1-8H3,(H,48,50)(H,49,51)(H,52,58)(H,53,59)/t26-,27-,30?,31?,36-,37+,40+,41-/m0/s1. The van der Waals surface area contributed by atoms with E-state index in [4.69, 9.17) is 19.4 Å². The van der Waals surface area contributed by atoms with E-state index < -0.39 is 24.3 Å². The van der Waals surface area contributed by atoms with Gasteiger partial charge in [-0.1, -0.05) is 77.9 Å². The van der Waals surface area contributed by atoms with Crippen LogP contribution in [0.2, 0.25) is 0 Å². The largest absolute Gasteiger partial charge is 0.453 e. The Morgan fingerprint density at radius 1 is 0.639 bits per heavy atom. The van der Waals surface area contributed by atoms with E-state index in [0.717, 1.165) is 53.4 Å². The number of amides is 4. The molecule has 0 spiro atoms. The minimum absolute atomic E-state index is 0.111. The molecule has 2 aliphatic carbocycles. The highest BCUT2D eigenvalue weighted by Crippen LogP contribution is 2.58. The number of alkyl carbamates (subject to hydrolysis) is 2. The summed E-state index contributed by atoms with van der Waals surface area (Å²) in [5.74, 6) is 2.58. The molecule has 2 bridgehead atoms. The minimum Gasteiger partial charge on any atom is -0.453 e. The number of hydrogen-bond donors (Lipinski definition) is 4. The Labute approximate surface area is 358 Å². The van der Waals surface area contributed by atoms with Crippen molar-refractivity contribution in [2.45, 2.75) is 110 Å². The fourth-order valence-electron chi connectivity index (χ4n) is 10.5. The summed E-state index contributed by atoms with van der Waals surface area (Å²) in [5.41, 5.74) is 9.30. The van der Waals surface area contributed by atoms with Gasteiger partial charge < -0.3 is 39.9 Å². The Hall–Kier alpha value is -5.66. The number of methoxy groups -OCH3 is 2. The third-order valence-corrected chi connectivity index (χ3v) is 13.5. The number of carbonyl (C=O) groups excluding carboxylic acids is 4. The number of fused-ring (bicyclic) bond motifs is 5. The summed E-state index contributed by atoms with van der Waals surface area (Å²) in [5, 5.41) is 5.48. The Morgan fingerprint density at radius 2 is 1.08 bits per heavy atom. The highest BCUT2D eigenvalue weighted by Gasteiger charge is 2.43. The van der Waals surface area contributed by atoms with Gasteiger partial charge in [0, 0.05) is 18.7 Å². The van der Waals surface area contributed by atoms with Gasteiger partial charge in [-0.15, -0.1) is 0 Å². The lowest BCUT2D eigenvalue weighted by molar-refractivity contribution is -0.136. The second kappa shape index (κ2) is 17.0. The molecule has 8 rings (SSSR count). The van der Waals surface area contributed by atoms with Crippen LogP contribution in [0, 0.1) is 23.7 Å². The number of aromatic amines is 2. The number of nitrogens with zero attached hydrogens (tertiary/aromatic N) is 4. The van der Waals surface area contributed by atoms with Gasteiger partial charge in [-0.25, -0.2) is 19.6 Å². The zero-order valence-electron chi connectivity index (χ0n) is 36.6. The number of H-pyrrole nitrogens is 2. The van der Waals surface area contributed by atoms with Gasteiger partial charge in [-0.05, 0) is 95.4 Å². The first-order chi connectivity index (χ1) is 29.3. The summed E-state index contributed by atoms with van der Waals surface area (Å²) >= 11 is 0. The van der Waals surface area contributed by atoms with Crippen molar-refractivity contribution in [1.82, 2.24) is 40.4 Å². The SMILES string of the molecule is COC(=O)N[C@H](C(=O)N1C[C@@H](C)C[C@@H]1c1ncc(-c2ccc(-c3ccc(-c4cnc([C@@H]5C[C@H](C)CN5C(=O)[C@H](NC(=O)OC)C(C)C)[nH]4)cc3)c3c2C2CCC3C2)[nH]1)C(C)C. The molecule has 61 heavy (non-hydrogen) atoms. The normalized spacial score (nSPS) is 24.0. The van der Waals surface area contributed by atoms with E-state index in [2.05, 4.69) is 70.8 Å². The van der Waals surface area contributed by atoms with Crippen molar-refractivity contribution in [1.29, 1.82) is 0 Å². The second-order valence-electron chi connectivity index (χ2n) is 18.5. The van der Waals surface area contributed by atoms with E-state index in [-0.39, 0.29) is 47.6 Å². The molecule has 2 unspecified atom stereocenters. The number of nitrogens with one attached hydrogen (secondary N) is 4. The highest BCUT2D eigenvalue weighted by molar-refractivity contribution is 5.87. The average Bonchev–Trinajstić information content (AvgIpc) is 4.12. The van der Waals surface area contributed by atoms with Crippen LogP contribution < -0.4 is 10.6 Å². The van der Waals surface area contributed by atoms with Gasteiger partial charge >= 0.3 is 12.2 Å². The number of rotatable bonds is 11. The first-order valence-electron chi connectivity index (χ1n) is 21.9. The van der Waals surface area contributed by atoms with E-state index in [9.17, 15) is 19.2 Å². The summed E-state index contributed by atoms with van der Waals surface area (Å²) < 4.78 is 9.64. The van der Waals surface area contributed by atoms with Gasteiger partial charge in [0.1, 0.15) is 23.7 Å². The third-order valence-electron chi connectivity index (χ3n) is 13.5. The molecule has 0 radical (unpaired) electrons. The van der Waals surface area contributed by atoms with Crippen molar-refractivity contribution in [3.63, 3.8) is 0 Å². The summed E-state index contributed by atoms with van der Waals surface area (Å²) in [4.78, 5) is 72.5. The zero-order valence-corrected chi connectivity index (χ0v) is 36.6. The van der Waals surface area contributed by atoms with Gasteiger partial charge in [0.2, 0.25) is 11.8 Å². The van der Waals surface area contributed by atoms with Crippen LogP contribution in [-0.4, -0.2) is 93.1 Å². The number of aromatic nitrogens is 4. The van der Waals surface area contributed by atoms with Crippen LogP contribution in [0.5, 0.6) is 0 Å². The van der Waals surface area contributed by atoms with Crippen molar-refractivity contribution in [2.75, 3.05) is 27.3 Å². The van der Waals surface area contributed by atoms with Crippen molar-refractivity contribution in [3.05, 3.63) is 71.6 Å². The molecule has 1 saturated carbocycles. The van der Waals surface area contributed by atoms with Crippen LogP contribution in [-0.2, 0) is 19.1 Å². The molecular formula is C47H60N8O6. The number of carbonyl (C=O) groups is 4. The maximum Gasteiger partial charge on any atom is 0.407 e. The Balaban J connectivity index is 1.03. The average molecular weight is 833 g/mol. The summed E-state index contributed by atoms with van der Waals surface area (Å²) in [6, 6.07) is 11.3. The van der Waals surface area contributed by atoms with Gasteiger partial charge in [0.25, 0.3) is 0 Å². The van der Waals surface area contributed by atoms with Crippen LogP contribution in [0.1, 0.15) is 120 Å². The predicted octanol–water partition coefficient (Wildman–Crippen LogP) is 8.08. The van der Waals surface area contributed by atoms with E-state index in [1.807, 2.05) is 49.9 Å². The molecule has 2 saturated heterocycles. The Kier molecular flexibility index (Phi) is 11.7. The predicted molar refractivity (Wildman–Crippen MR) is 231 cm³/mol. The molecule has 8 atom stereocenters. The Morgan fingerprint density at radius 3 is 1.57 bits per heavy atom. The van der Waals surface area contributed by atoms with Crippen molar-refractivity contribution in [3.8, 4) is 33.6 Å². The topological polar surface area (TPSA) is 175 Å². The second-order valence-corrected chi connectivity index (χ2v) is 18.5. The molecule has 2 aromatic heterocycles. The molecule has 14 heteroatoms. The lowest BCUT2D eigenvalue weighted by atomic mass is 9.82. The van der Waals surface area contributed by atoms with E-state index >= 15 is 0 Å². The zero-order chi connectivity index (χ0) is 43.3. The molecule has 2 aliphatic heterocycles. The number of likely N-dealkylation sites (tertiary alicyclic amines) is 2. The quantitative estimate of drug-likeness (QED) is 0.117. The summed E-state index contributed by atoms with van der Waals surface area (Å²) in [7, 11) is 2.61. The van der Waals surface area contributed by atoms with Gasteiger partial charge in [0.05, 0.1) is 50.1 Å². The molecule has 4 heterocycles. The molecule has 4 aromatic rings. The fraction of sp³-hybridized carbons (Fsp3) is 0.532. The number of hydrogen-bond acceptors (Lipinski definition) is 8. The van der Waals surface area contributed by atoms with E-state index in [1.165, 1.54) is 49.3 Å². The first-order valence-corrected chi connectivity index (χ1v) is 21.9. The third kappa shape index (κ3) is 8.01. The fourth-order valence-corrected chi connectivity index (χ4v) is 10.5. The lowest BCUT2D eigenvalue weighted by Gasteiger charge is -2.30. The monoisotopic (exact) mass is 832 g/mol.